The first kappa shape index (κ1) is 10.5. The Kier molecular flexibility index (Phi) is 2.70. The smallest absolute Gasteiger partial charge is 0.432 e. The summed E-state index contributed by atoms with van der Waals surface area (Å²) in [7, 11) is 2.44. The van der Waals surface area contributed by atoms with Gasteiger partial charge in [0.15, 0.2) is 5.02 Å². The second-order valence-corrected chi connectivity index (χ2v) is 2.73. The van der Waals surface area contributed by atoms with Gasteiger partial charge in [0.1, 0.15) is 0 Å². The number of halogens is 1. The number of hydrogen-bond donors (Lipinski definition) is 0. The van der Waals surface area contributed by atoms with Crippen molar-refractivity contribution in [1.29, 1.82) is 0 Å². The molecule has 0 unspecified atom stereocenters. The summed E-state index contributed by atoms with van der Waals surface area (Å²) in [6.07, 6.45) is 0. The molecule has 0 aliphatic heterocycles. The van der Waals surface area contributed by atoms with Crippen molar-refractivity contribution < 1.29 is 9.66 Å². The van der Waals surface area contributed by atoms with Gasteiger partial charge in [-0.3, -0.25) is 4.79 Å². The highest BCUT2D eigenvalue weighted by Crippen LogP contribution is 2.28. The molecule has 1 rings (SSSR count). The Morgan fingerprint density at radius 2 is 2.21 bits per heavy atom. The molecule has 1 aromatic heterocycles. The Morgan fingerprint density at radius 3 is 2.64 bits per heavy atom. The molecule has 0 aliphatic rings. The van der Waals surface area contributed by atoms with Crippen molar-refractivity contribution in [2.45, 2.75) is 0 Å². The molecule has 0 bridgehead atoms. The van der Waals surface area contributed by atoms with E-state index in [1.807, 2.05) is 0 Å². The maximum atomic E-state index is 11.2. The summed E-state index contributed by atoms with van der Waals surface area (Å²) in [5.74, 6) is -0.903. The van der Waals surface area contributed by atoms with Crippen molar-refractivity contribution in [3.05, 3.63) is 25.5 Å². The quantitative estimate of drug-likeness (QED) is 0.529. The number of aryl methyl sites for hydroxylation is 1. The number of nitro groups is 1. The van der Waals surface area contributed by atoms with Gasteiger partial charge in [-0.05, 0) is 4.92 Å². The summed E-state index contributed by atoms with van der Waals surface area (Å²) in [5.41, 5.74) is -0.644. The molecule has 14 heavy (non-hydrogen) atoms. The summed E-state index contributed by atoms with van der Waals surface area (Å²) >= 11 is 5.55. The lowest BCUT2D eigenvalue weighted by Crippen LogP contribution is -2.21. The number of methoxy groups -OCH3 is 1. The first-order chi connectivity index (χ1) is 6.49. The van der Waals surface area contributed by atoms with E-state index >= 15 is 0 Å². The summed E-state index contributed by atoms with van der Waals surface area (Å²) < 4.78 is 5.40. The van der Waals surface area contributed by atoms with E-state index in [0.29, 0.717) is 0 Å². The van der Waals surface area contributed by atoms with Crippen LogP contribution in [0.25, 0.3) is 0 Å². The van der Waals surface area contributed by atoms with Gasteiger partial charge in [-0.2, -0.15) is 0 Å². The SMILES string of the molecule is COc1c([N+](=O)[O-])nn(C)c(=O)c1Cl. The van der Waals surface area contributed by atoms with Crippen LogP contribution in [0.1, 0.15) is 0 Å². The van der Waals surface area contributed by atoms with Gasteiger partial charge >= 0.3 is 11.4 Å². The molecule has 0 atom stereocenters. The maximum absolute atomic E-state index is 11.2. The van der Waals surface area contributed by atoms with Gasteiger partial charge in [0.2, 0.25) is 5.75 Å². The van der Waals surface area contributed by atoms with E-state index in [1.54, 1.807) is 0 Å². The van der Waals surface area contributed by atoms with Crippen molar-refractivity contribution in [3.63, 3.8) is 0 Å². The molecule has 76 valence electrons. The zero-order valence-corrected chi connectivity index (χ0v) is 8.11. The standard InChI is InChI=1S/C6H6ClN3O4/c1-9-6(11)3(7)4(14-2)5(8-9)10(12)13/h1-2H3. The van der Waals surface area contributed by atoms with Crippen molar-refractivity contribution in [2.24, 2.45) is 7.05 Å². The number of ether oxygens (including phenoxy) is 1. The van der Waals surface area contributed by atoms with Crippen molar-refractivity contribution in [3.8, 4) is 5.75 Å². The summed E-state index contributed by atoms with van der Waals surface area (Å²) in [6, 6.07) is 0. The molecule has 0 aromatic carbocycles. The third kappa shape index (κ3) is 1.53. The molecule has 0 saturated carbocycles. The van der Waals surface area contributed by atoms with Gasteiger partial charge in [0, 0.05) is 0 Å². The predicted molar refractivity (Wildman–Crippen MR) is 47.7 cm³/mol. The lowest BCUT2D eigenvalue weighted by atomic mass is 10.4. The van der Waals surface area contributed by atoms with Crippen LogP contribution in [-0.2, 0) is 7.05 Å². The number of hydrogen-bond acceptors (Lipinski definition) is 5. The van der Waals surface area contributed by atoms with E-state index in [0.717, 1.165) is 4.68 Å². The van der Waals surface area contributed by atoms with Crippen LogP contribution in [0.4, 0.5) is 5.82 Å². The Hall–Kier alpha value is -1.63. The van der Waals surface area contributed by atoms with E-state index < -0.39 is 16.3 Å². The van der Waals surface area contributed by atoms with E-state index in [-0.39, 0.29) is 10.8 Å². The molecule has 0 radical (unpaired) electrons. The van der Waals surface area contributed by atoms with Gasteiger partial charge in [-0.1, -0.05) is 11.6 Å². The highest BCUT2D eigenvalue weighted by Gasteiger charge is 2.24. The Balaban J connectivity index is 3.60. The van der Waals surface area contributed by atoms with E-state index in [9.17, 15) is 14.9 Å². The van der Waals surface area contributed by atoms with Crippen LogP contribution < -0.4 is 10.3 Å². The molecule has 0 amide bonds. The monoisotopic (exact) mass is 219 g/mol. The van der Waals surface area contributed by atoms with Crippen LogP contribution in [0.3, 0.4) is 0 Å². The third-order valence-electron chi connectivity index (χ3n) is 1.51. The zero-order valence-electron chi connectivity index (χ0n) is 7.35. The largest absolute Gasteiger partial charge is 0.488 e. The van der Waals surface area contributed by atoms with Crippen LogP contribution in [0.2, 0.25) is 5.02 Å². The Labute approximate surface area is 83.0 Å². The van der Waals surface area contributed by atoms with Crippen molar-refractivity contribution in [2.75, 3.05) is 7.11 Å². The number of aromatic nitrogens is 2. The second kappa shape index (κ2) is 3.62. The highest BCUT2D eigenvalue weighted by molar-refractivity contribution is 6.32. The van der Waals surface area contributed by atoms with Gasteiger partial charge < -0.3 is 14.9 Å². The fourth-order valence-corrected chi connectivity index (χ4v) is 1.15. The van der Waals surface area contributed by atoms with Crippen LogP contribution >= 0.6 is 11.6 Å². The molecular weight excluding hydrogens is 214 g/mol. The minimum atomic E-state index is -0.774. The van der Waals surface area contributed by atoms with Crippen molar-refractivity contribution >= 4 is 17.4 Å². The minimum absolute atomic E-state index is 0.320. The van der Waals surface area contributed by atoms with Crippen LogP contribution in [0.15, 0.2) is 4.79 Å². The van der Waals surface area contributed by atoms with Crippen LogP contribution in [0.5, 0.6) is 5.75 Å². The minimum Gasteiger partial charge on any atom is -0.488 e. The van der Waals surface area contributed by atoms with E-state index in [4.69, 9.17) is 11.6 Å². The van der Waals surface area contributed by atoms with Crippen LogP contribution in [-0.4, -0.2) is 21.8 Å². The molecule has 7 nitrogen and oxygen atoms in total. The lowest BCUT2D eigenvalue weighted by Gasteiger charge is -2.02. The normalized spacial score (nSPS) is 9.93. The predicted octanol–water partition coefficient (Wildman–Crippen LogP) is 0.351. The molecule has 1 heterocycles. The average Bonchev–Trinajstić information content (AvgIpc) is 2.13. The van der Waals surface area contributed by atoms with Gasteiger partial charge in [0.25, 0.3) is 0 Å². The molecular formula is C6H6ClN3O4. The third-order valence-corrected chi connectivity index (χ3v) is 1.84. The zero-order chi connectivity index (χ0) is 10.9. The highest BCUT2D eigenvalue weighted by atomic mass is 35.5. The average molecular weight is 220 g/mol. The summed E-state index contributed by atoms with van der Waals surface area (Å²) in [6.45, 7) is 0. The molecule has 0 spiro atoms. The molecule has 0 aliphatic carbocycles. The van der Waals surface area contributed by atoms with Gasteiger partial charge in [0.05, 0.1) is 19.3 Å². The van der Waals surface area contributed by atoms with Gasteiger partial charge in [-0.15, -0.1) is 4.68 Å². The lowest BCUT2D eigenvalue weighted by molar-refractivity contribution is -0.391. The maximum Gasteiger partial charge on any atom is 0.432 e. The second-order valence-electron chi connectivity index (χ2n) is 2.36. The molecule has 1 aromatic rings. The number of nitrogens with zero attached hydrogens (tertiary/aromatic N) is 3. The first-order valence-corrected chi connectivity index (χ1v) is 3.82. The topological polar surface area (TPSA) is 87.3 Å². The Morgan fingerprint density at radius 1 is 1.64 bits per heavy atom. The fourth-order valence-electron chi connectivity index (χ4n) is 0.871. The molecule has 0 saturated heterocycles. The van der Waals surface area contributed by atoms with Crippen LogP contribution in [0, 0.1) is 10.1 Å². The molecule has 8 heteroatoms. The van der Waals surface area contributed by atoms with E-state index in [2.05, 4.69) is 9.84 Å². The fraction of sp³-hybridized carbons (Fsp3) is 0.333. The molecule has 0 fully saturated rings. The molecule has 0 N–H and O–H groups in total. The summed E-state index contributed by atoms with van der Waals surface area (Å²) in [5, 5.41) is 13.5. The van der Waals surface area contributed by atoms with Crippen molar-refractivity contribution in [1.82, 2.24) is 9.78 Å². The number of rotatable bonds is 2. The summed E-state index contributed by atoms with van der Waals surface area (Å²) in [4.78, 5) is 20.9. The van der Waals surface area contributed by atoms with E-state index in [1.165, 1.54) is 14.2 Å². The van der Waals surface area contributed by atoms with Gasteiger partial charge in [-0.25, -0.2) is 0 Å². The first-order valence-electron chi connectivity index (χ1n) is 3.44. The Bertz CT molecular complexity index is 441.